The molecule has 2 unspecified atom stereocenters. The maximum atomic E-state index is 13.7. The van der Waals surface area contributed by atoms with Crippen molar-refractivity contribution >= 4 is 45.1 Å². The Labute approximate surface area is 193 Å². The van der Waals surface area contributed by atoms with Crippen molar-refractivity contribution in [2.75, 3.05) is 20.0 Å². The number of hydrogen-bond donors (Lipinski definition) is 2. The van der Waals surface area contributed by atoms with E-state index in [1.807, 2.05) is 0 Å². The second-order valence-corrected chi connectivity index (χ2v) is 9.21. The molecule has 0 fully saturated rings. The number of hydrogen-bond acceptors (Lipinski definition) is 10. The highest BCUT2D eigenvalue weighted by atomic mass is 33.1. The average Bonchev–Trinajstić information content (AvgIpc) is 2.85. The van der Waals surface area contributed by atoms with E-state index < -0.39 is 40.3 Å². The van der Waals surface area contributed by atoms with Crippen LogP contribution in [0.5, 0.6) is 0 Å². The van der Waals surface area contributed by atoms with Gasteiger partial charge in [0.25, 0.3) is 0 Å². The van der Waals surface area contributed by atoms with E-state index in [1.54, 1.807) is 36.4 Å². The highest BCUT2D eigenvalue weighted by Crippen LogP contribution is 2.43. The van der Waals surface area contributed by atoms with E-state index >= 15 is 0 Å². The zero-order chi connectivity index (χ0) is 23.7. The third-order valence-corrected chi connectivity index (χ3v) is 7.63. The van der Waals surface area contributed by atoms with Crippen LogP contribution in [-0.4, -0.2) is 60.3 Å². The molecule has 0 amide bonds. The smallest absolute Gasteiger partial charge is 0.325 e. The Morgan fingerprint density at radius 2 is 1.25 bits per heavy atom. The van der Waals surface area contributed by atoms with Crippen LogP contribution in [0.25, 0.3) is 0 Å². The van der Waals surface area contributed by atoms with Gasteiger partial charge in [0, 0.05) is 16.9 Å². The van der Waals surface area contributed by atoms with Crippen LogP contribution >= 0.6 is 21.6 Å². The van der Waals surface area contributed by atoms with E-state index in [0.29, 0.717) is 0 Å². The van der Waals surface area contributed by atoms with Crippen LogP contribution in [0, 0.1) is 0 Å². The summed E-state index contributed by atoms with van der Waals surface area (Å²) >= 11 is 0. The van der Waals surface area contributed by atoms with Crippen molar-refractivity contribution < 1.29 is 28.7 Å². The Bertz CT molecular complexity index is 904. The van der Waals surface area contributed by atoms with Gasteiger partial charge in [0.1, 0.15) is 12.1 Å². The summed E-state index contributed by atoms with van der Waals surface area (Å²) in [5.41, 5.74) is 12.4. The zero-order valence-corrected chi connectivity index (χ0v) is 19.2. The minimum atomic E-state index is -2.07. The van der Waals surface area contributed by atoms with E-state index in [1.165, 1.54) is 31.4 Å². The van der Waals surface area contributed by atoms with Gasteiger partial charge in [-0.05, 0) is 0 Å². The third-order valence-electron chi connectivity index (χ3n) is 4.58. The van der Waals surface area contributed by atoms with Crippen LogP contribution in [0.3, 0.4) is 0 Å². The highest BCUT2D eigenvalue weighted by Gasteiger charge is 2.55. The summed E-state index contributed by atoms with van der Waals surface area (Å²) in [6, 6.07) is 13.5. The summed E-state index contributed by atoms with van der Waals surface area (Å²) in [5.74, 6) is -2.88. The molecule has 8 nitrogen and oxygen atoms in total. The van der Waals surface area contributed by atoms with Gasteiger partial charge in [0.05, 0.1) is 14.2 Å². The molecule has 0 bridgehead atoms. The molecule has 0 spiro atoms. The van der Waals surface area contributed by atoms with Gasteiger partial charge in [-0.3, -0.25) is 19.2 Å². The molecule has 2 aromatic rings. The molecule has 0 saturated heterocycles. The zero-order valence-electron chi connectivity index (χ0n) is 17.6. The van der Waals surface area contributed by atoms with Crippen molar-refractivity contribution in [3.05, 3.63) is 71.8 Å². The third kappa shape index (κ3) is 5.57. The number of esters is 2. The molecule has 170 valence electrons. The summed E-state index contributed by atoms with van der Waals surface area (Å²) in [4.78, 5) is 51.7. The summed E-state index contributed by atoms with van der Waals surface area (Å²) in [7, 11) is 4.09. The molecule has 0 aliphatic carbocycles. The first kappa shape index (κ1) is 25.6. The number of carbonyl (C=O) groups excluding carboxylic acids is 4. The monoisotopic (exact) mass is 476 g/mol. The molecule has 2 aromatic carbocycles. The van der Waals surface area contributed by atoms with E-state index in [9.17, 15) is 19.2 Å². The molecule has 10 heteroatoms. The van der Waals surface area contributed by atoms with Gasteiger partial charge in [0.15, 0.2) is 16.3 Å². The van der Waals surface area contributed by atoms with Crippen molar-refractivity contribution in [2.24, 2.45) is 11.5 Å². The fraction of sp³-hybridized carbons (Fsp3) is 0.273. The SMILES string of the molecule is COC(=O)C(N)CSSC(C(=O)c1ccccc1)(C(=O)c1ccccc1)C(N)C(=O)OC. The van der Waals surface area contributed by atoms with E-state index in [4.69, 9.17) is 16.2 Å². The number of rotatable bonds is 11. The van der Waals surface area contributed by atoms with E-state index in [-0.39, 0.29) is 16.9 Å². The molecule has 0 saturated carbocycles. The van der Waals surface area contributed by atoms with Gasteiger partial charge < -0.3 is 20.9 Å². The fourth-order valence-corrected chi connectivity index (χ4v) is 5.92. The lowest BCUT2D eigenvalue weighted by molar-refractivity contribution is -0.142. The van der Waals surface area contributed by atoms with Crippen molar-refractivity contribution in [2.45, 2.75) is 16.8 Å². The Balaban J connectivity index is 2.58. The van der Waals surface area contributed by atoms with Gasteiger partial charge in [-0.2, -0.15) is 0 Å². The Kier molecular flexibility index (Phi) is 9.45. The first-order chi connectivity index (χ1) is 15.3. The summed E-state index contributed by atoms with van der Waals surface area (Å²) in [6.45, 7) is 0. The number of benzene rings is 2. The van der Waals surface area contributed by atoms with Crippen molar-refractivity contribution in [1.82, 2.24) is 0 Å². The molecule has 2 rings (SSSR count). The van der Waals surface area contributed by atoms with E-state index in [0.717, 1.165) is 28.7 Å². The van der Waals surface area contributed by atoms with Gasteiger partial charge in [-0.1, -0.05) is 82.3 Å². The number of ether oxygens (including phenoxy) is 2. The molecule has 0 aliphatic heterocycles. The first-order valence-corrected chi connectivity index (χ1v) is 11.8. The summed E-state index contributed by atoms with van der Waals surface area (Å²) in [5, 5.41) is 0. The number of Topliss-reactive ketones (excluding diaryl/α,β-unsaturated/α-hetero) is 2. The minimum absolute atomic E-state index is 0.0110. The molecular weight excluding hydrogens is 452 g/mol. The van der Waals surface area contributed by atoms with Crippen LogP contribution < -0.4 is 11.5 Å². The minimum Gasteiger partial charge on any atom is -0.468 e. The van der Waals surface area contributed by atoms with Crippen molar-refractivity contribution in [1.29, 1.82) is 0 Å². The van der Waals surface area contributed by atoms with Crippen molar-refractivity contribution in [3.8, 4) is 0 Å². The van der Waals surface area contributed by atoms with Gasteiger partial charge >= 0.3 is 11.9 Å². The largest absolute Gasteiger partial charge is 0.468 e. The lowest BCUT2D eigenvalue weighted by Gasteiger charge is -2.33. The Morgan fingerprint density at radius 1 is 0.812 bits per heavy atom. The molecule has 0 aromatic heterocycles. The normalized spacial score (nSPS) is 13.0. The van der Waals surface area contributed by atoms with Crippen LogP contribution in [0.15, 0.2) is 60.7 Å². The van der Waals surface area contributed by atoms with Crippen LogP contribution in [0.1, 0.15) is 20.7 Å². The maximum Gasteiger partial charge on any atom is 0.325 e. The standard InChI is InChI=1S/C22H24N2O6S2/c1-29-20(27)16(23)13-31-32-22(17(24)21(28)30-2,18(25)14-9-5-3-6-10-14)19(26)15-11-7-4-8-12-15/h3-12,16-17H,13,23-24H2,1-2H3. The Hall–Kier alpha value is -2.66. The molecule has 2 atom stereocenters. The summed E-state index contributed by atoms with van der Waals surface area (Å²) in [6.07, 6.45) is 0. The molecule has 0 aliphatic rings. The van der Waals surface area contributed by atoms with Gasteiger partial charge in [-0.25, -0.2) is 0 Å². The predicted molar refractivity (Wildman–Crippen MR) is 124 cm³/mol. The Morgan fingerprint density at radius 3 is 1.66 bits per heavy atom. The van der Waals surface area contributed by atoms with Crippen LogP contribution in [-0.2, 0) is 19.1 Å². The number of ketones is 2. The quantitative estimate of drug-likeness (QED) is 0.214. The molecule has 4 N–H and O–H groups in total. The van der Waals surface area contributed by atoms with Crippen LogP contribution in [0.2, 0.25) is 0 Å². The number of methoxy groups -OCH3 is 2. The molecule has 0 radical (unpaired) electrons. The lowest BCUT2D eigenvalue weighted by atomic mass is 9.83. The number of carbonyl (C=O) groups is 4. The second-order valence-electron chi connectivity index (χ2n) is 6.62. The molecule has 32 heavy (non-hydrogen) atoms. The highest BCUT2D eigenvalue weighted by molar-refractivity contribution is 8.77. The molecular formula is C22H24N2O6S2. The second kappa shape index (κ2) is 11.8. The maximum absolute atomic E-state index is 13.7. The van der Waals surface area contributed by atoms with Gasteiger partial charge in [0.2, 0.25) is 0 Å². The summed E-state index contributed by atoms with van der Waals surface area (Å²) < 4.78 is 7.32. The fourth-order valence-electron chi connectivity index (χ4n) is 2.83. The average molecular weight is 477 g/mol. The topological polar surface area (TPSA) is 139 Å². The van der Waals surface area contributed by atoms with Gasteiger partial charge in [-0.15, -0.1) is 0 Å². The van der Waals surface area contributed by atoms with Crippen LogP contribution in [0.4, 0.5) is 0 Å². The lowest BCUT2D eigenvalue weighted by Crippen LogP contribution is -2.60. The molecule has 0 heterocycles. The predicted octanol–water partition coefficient (Wildman–Crippen LogP) is 1.87. The van der Waals surface area contributed by atoms with Crippen molar-refractivity contribution in [3.63, 3.8) is 0 Å². The number of nitrogens with two attached hydrogens (primary N) is 2. The first-order valence-electron chi connectivity index (χ1n) is 9.46. The van der Waals surface area contributed by atoms with E-state index in [2.05, 4.69) is 4.74 Å².